The van der Waals surface area contributed by atoms with Gasteiger partial charge in [0.05, 0.1) is 27.1 Å². The molecule has 1 aromatic carbocycles. The fourth-order valence-corrected chi connectivity index (χ4v) is 2.33. The van der Waals surface area contributed by atoms with Crippen molar-refractivity contribution in [3.8, 4) is 0 Å². The van der Waals surface area contributed by atoms with Crippen LogP contribution >= 0.6 is 0 Å². The van der Waals surface area contributed by atoms with Crippen LogP contribution < -0.4 is 12.4 Å². The molecule has 0 heterocycles. The minimum atomic E-state index is -0.956. The first-order valence-electron chi connectivity index (χ1n) is 7.09. The summed E-state index contributed by atoms with van der Waals surface area (Å²) in [6, 6.07) is 8.47. The van der Waals surface area contributed by atoms with Crippen molar-refractivity contribution in [3.05, 3.63) is 42.0 Å². The summed E-state index contributed by atoms with van der Waals surface area (Å²) in [7, 11) is 9.17. The first kappa shape index (κ1) is 21.1. The number of quaternary nitrogens is 1. The maximum absolute atomic E-state index is 5.35. The van der Waals surface area contributed by atoms with Gasteiger partial charge in [-0.1, -0.05) is 36.9 Å². The number of methoxy groups -OCH3 is 3. The van der Waals surface area contributed by atoms with Crippen LogP contribution in [0.3, 0.4) is 0 Å². The summed E-state index contributed by atoms with van der Waals surface area (Å²) in [6.07, 6.45) is 2.52. The lowest BCUT2D eigenvalue weighted by Crippen LogP contribution is -3.00. The molecule has 0 spiro atoms. The fourth-order valence-electron chi connectivity index (χ4n) is 2.33. The molecule has 22 heavy (non-hydrogen) atoms. The number of benzene rings is 1. The number of ether oxygens (including phenoxy) is 3. The Morgan fingerprint density at radius 1 is 1.05 bits per heavy atom. The maximum Gasteiger partial charge on any atom is 0.287 e. The summed E-state index contributed by atoms with van der Waals surface area (Å²) >= 11 is 0. The third-order valence-corrected chi connectivity index (χ3v) is 3.78. The van der Waals surface area contributed by atoms with Crippen LogP contribution in [0.4, 0.5) is 0 Å². The normalized spacial score (nSPS) is 11.9. The van der Waals surface area contributed by atoms with E-state index in [0.717, 1.165) is 23.1 Å². The Morgan fingerprint density at radius 3 is 1.95 bits per heavy atom. The Morgan fingerprint density at radius 2 is 1.55 bits per heavy atom. The molecule has 0 aliphatic carbocycles. The first-order valence-corrected chi connectivity index (χ1v) is 7.09. The molecule has 1 rings (SSSR count). The molecule has 5 heteroatoms. The van der Waals surface area contributed by atoms with Crippen molar-refractivity contribution < 1.29 is 31.1 Å². The van der Waals surface area contributed by atoms with Gasteiger partial charge in [-0.25, -0.2) is 0 Å². The number of nitrogens with zero attached hydrogens (tertiary/aromatic N) is 1. The highest BCUT2D eigenvalue weighted by molar-refractivity contribution is 5.47. The average molecular weight is 330 g/mol. The quantitative estimate of drug-likeness (QED) is 0.467. The van der Waals surface area contributed by atoms with Crippen LogP contribution in [0.1, 0.15) is 17.5 Å². The third-order valence-electron chi connectivity index (χ3n) is 3.78. The molecule has 0 atom stereocenters. The minimum absolute atomic E-state index is 0. The molecule has 0 radical (unpaired) electrons. The maximum atomic E-state index is 5.35. The van der Waals surface area contributed by atoms with E-state index in [4.69, 9.17) is 14.2 Å². The van der Waals surface area contributed by atoms with E-state index in [9.17, 15) is 0 Å². The van der Waals surface area contributed by atoms with E-state index in [1.54, 1.807) is 21.3 Å². The second-order valence-electron chi connectivity index (χ2n) is 5.81. The Balaban J connectivity index is 0.00000441. The Labute approximate surface area is 140 Å². The van der Waals surface area contributed by atoms with Crippen molar-refractivity contribution in [1.29, 1.82) is 0 Å². The zero-order valence-electron chi connectivity index (χ0n) is 14.3. The number of rotatable bonds is 9. The highest BCUT2D eigenvalue weighted by Gasteiger charge is 2.32. The van der Waals surface area contributed by atoms with Gasteiger partial charge in [-0.3, -0.25) is 0 Å². The van der Waals surface area contributed by atoms with E-state index in [1.807, 2.05) is 6.08 Å². The smallest absolute Gasteiger partial charge is 0.287 e. The SMILES string of the molecule is C=Cc1ccc(C[N+](C)(C)CCC(OC)(OC)OC)cc1.[Cl-]. The van der Waals surface area contributed by atoms with Crippen LogP contribution in [0, 0.1) is 0 Å². The summed E-state index contributed by atoms with van der Waals surface area (Å²) < 4.78 is 16.9. The monoisotopic (exact) mass is 329 g/mol. The predicted molar refractivity (Wildman–Crippen MR) is 85.6 cm³/mol. The van der Waals surface area contributed by atoms with E-state index in [-0.39, 0.29) is 12.4 Å². The molecule has 1 aromatic rings. The molecule has 0 fully saturated rings. The molecule has 0 bridgehead atoms. The lowest BCUT2D eigenvalue weighted by molar-refractivity contribution is -0.905. The van der Waals surface area contributed by atoms with Gasteiger partial charge in [-0.2, -0.15) is 0 Å². The van der Waals surface area contributed by atoms with E-state index in [2.05, 4.69) is 44.9 Å². The van der Waals surface area contributed by atoms with E-state index in [0.29, 0.717) is 6.42 Å². The van der Waals surface area contributed by atoms with Gasteiger partial charge in [0, 0.05) is 26.9 Å². The Hall–Kier alpha value is -0.910. The van der Waals surface area contributed by atoms with Gasteiger partial charge in [-0.15, -0.1) is 0 Å². The topological polar surface area (TPSA) is 27.7 Å². The molecule has 0 amide bonds. The Bertz CT molecular complexity index is 433. The average Bonchev–Trinajstić information content (AvgIpc) is 2.50. The van der Waals surface area contributed by atoms with Crippen molar-refractivity contribution in [2.45, 2.75) is 18.9 Å². The molecule has 0 saturated heterocycles. The second kappa shape index (κ2) is 9.28. The zero-order chi connectivity index (χ0) is 15.9. The lowest BCUT2D eigenvalue weighted by atomic mass is 10.1. The molecular formula is C17H28ClNO3. The van der Waals surface area contributed by atoms with Crippen molar-refractivity contribution in [1.82, 2.24) is 0 Å². The van der Waals surface area contributed by atoms with Gasteiger partial charge in [0.2, 0.25) is 0 Å². The van der Waals surface area contributed by atoms with E-state index in [1.165, 1.54) is 5.56 Å². The van der Waals surface area contributed by atoms with Crippen molar-refractivity contribution in [2.75, 3.05) is 42.0 Å². The van der Waals surface area contributed by atoms with Gasteiger partial charge in [-0.05, 0) is 5.56 Å². The van der Waals surface area contributed by atoms with Crippen LogP contribution in [0.2, 0.25) is 0 Å². The third kappa shape index (κ3) is 6.07. The number of halogens is 1. The molecule has 0 aliphatic rings. The summed E-state index contributed by atoms with van der Waals surface area (Å²) in [5, 5.41) is 0. The van der Waals surface area contributed by atoms with E-state index >= 15 is 0 Å². The molecule has 126 valence electrons. The van der Waals surface area contributed by atoms with Crippen molar-refractivity contribution in [3.63, 3.8) is 0 Å². The lowest BCUT2D eigenvalue weighted by Gasteiger charge is -2.35. The molecule has 0 unspecified atom stereocenters. The highest BCUT2D eigenvalue weighted by atomic mass is 35.5. The summed E-state index contributed by atoms with van der Waals surface area (Å²) in [5.74, 6) is -0.956. The first-order chi connectivity index (χ1) is 9.90. The zero-order valence-corrected chi connectivity index (χ0v) is 15.0. The van der Waals surface area contributed by atoms with Gasteiger partial charge in [0.25, 0.3) is 5.97 Å². The predicted octanol–water partition coefficient (Wildman–Crippen LogP) is -0.107. The molecule has 0 aliphatic heterocycles. The van der Waals surface area contributed by atoms with Gasteiger partial charge >= 0.3 is 0 Å². The van der Waals surface area contributed by atoms with Gasteiger partial charge in [0.15, 0.2) is 0 Å². The molecular weight excluding hydrogens is 302 g/mol. The van der Waals surface area contributed by atoms with Crippen LogP contribution in [0.15, 0.2) is 30.8 Å². The summed E-state index contributed by atoms with van der Waals surface area (Å²) in [5.41, 5.74) is 2.43. The number of hydrogen-bond donors (Lipinski definition) is 0. The second-order valence-corrected chi connectivity index (χ2v) is 5.81. The fraction of sp³-hybridized carbons (Fsp3) is 0.529. The van der Waals surface area contributed by atoms with Crippen molar-refractivity contribution in [2.24, 2.45) is 0 Å². The molecule has 0 aromatic heterocycles. The van der Waals surface area contributed by atoms with Gasteiger partial charge < -0.3 is 31.1 Å². The minimum Gasteiger partial charge on any atom is -1.00 e. The van der Waals surface area contributed by atoms with Crippen LogP contribution in [0.5, 0.6) is 0 Å². The van der Waals surface area contributed by atoms with Gasteiger partial charge in [0.1, 0.15) is 6.54 Å². The molecule has 0 saturated carbocycles. The standard InChI is InChI=1S/C17H28NO3.ClH/c1-7-15-8-10-16(11-9-15)14-18(2,3)13-12-17(19-4,20-5)21-6;/h7-11H,1,12-14H2,2-6H3;1H/q+1;/p-1. The highest BCUT2D eigenvalue weighted by Crippen LogP contribution is 2.20. The number of hydrogen-bond acceptors (Lipinski definition) is 3. The largest absolute Gasteiger partial charge is 1.00 e. The van der Waals surface area contributed by atoms with Crippen LogP contribution in [-0.2, 0) is 20.8 Å². The Kier molecular flexibility index (Phi) is 8.89. The summed E-state index contributed by atoms with van der Waals surface area (Å²) in [6.45, 7) is 5.58. The summed E-state index contributed by atoms with van der Waals surface area (Å²) in [4.78, 5) is 0. The van der Waals surface area contributed by atoms with Crippen LogP contribution in [-0.4, -0.2) is 52.4 Å². The van der Waals surface area contributed by atoms with Crippen molar-refractivity contribution >= 4 is 6.08 Å². The van der Waals surface area contributed by atoms with Crippen LogP contribution in [0.25, 0.3) is 6.08 Å². The van der Waals surface area contributed by atoms with E-state index < -0.39 is 5.97 Å². The molecule has 4 nitrogen and oxygen atoms in total. The molecule has 0 N–H and O–H groups in total.